The van der Waals surface area contributed by atoms with Gasteiger partial charge in [0, 0.05) is 24.3 Å². The quantitative estimate of drug-likeness (QED) is 0.0397. The van der Waals surface area contributed by atoms with E-state index in [0.29, 0.717) is 36.3 Å². The average molecular weight is 1050 g/mol. The number of benzene rings is 3. The number of alkyl halides is 3. The fourth-order valence-electron chi connectivity index (χ4n) is 7.04. The molecule has 0 saturated heterocycles. The van der Waals surface area contributed by atoms with Crippen molar-refractivity contribution < 1.29 is 62.0 Å². The minimum Gasteiger partial charge on any atom is -0.489 e. The SMILES string of the molecule is C#CC(C)Oc1cc(N2C(=O)C3=C(CCCC3)C2=O)c(F)cc1Cl.CC1COc2ccccc2N1C(=O)C(Cl)Cl.CCc1cccc(CC)c1N(COC)C(=O)CCl.O=C(O)CNCP(=O)(O)O. The van der Waals surface area contributed by atoms with Crippen molar-refractivity contribution in [2.75, 3.05) is 53.9 Å². The van der Waals surface area contributed by atoms with Gasteiger partial charge in [-0.1, -0.05) is 84.9 Å². The van der Waals surface area contributed by atoms with Crippen LogP contribution in [0.3, 0.4) is 0 Å². The predicted octanol–water partition coefficient (Wildman–Crippen LogP) is 8.01. The molecule has 2 unspecified atom stereocenters. The second-order valence-electron chi connectivity index (χ2n) is 15.1. The number of fused-ring (bicyclic) bond motifs is 1. The van der Waals surface area contributed by atoms with Gasteiger partial charge in [0.1, 0.15) is 36.5 Å². The number of carbonyl (C=O) groups excluding carboxylic acids is 4. The van der Waals surface area contributed by atoms with Crippen molar-refractivity contribution in [2.24, 2.45) is 0 Å². The second kappa shape index (κ2) is 27.5. The maximum absolute atomic E-state index is 14.4. The number of carboxylic acids is 1. The molecule has 22 heteroatoms. The molecule has 370 valence electrons. The smallest absolute Gasteiger partial charge is 0.339 e. The Bertz CT molecular complexity index is 2360. The first kappa shape index (κ1) is 57.6. The maximum Gasteiger partial charge on any atom is 0.339 e. The number of methoxy groups -OCH3 is 1. The summed E-state index contributed by atoms with van der Waals surface area (Å²) in [4.78, 5) is 78.1. The van der Waals surface area contributed by atoms with Gasteiger partial charge in [0.25, 0.3) is 17.7 Å². The molecule has 0 radical (unpaired) electrons. The number of aryl methyl sites for hydroxylation is 2. The van der Waals surface area contributed by atoms with E-state index in [1.165, 1.54) is 6.07 Å². The zero-order valence-electron chi connectivity index (χ0n) is 38.0. The van der Waals surface area contributed by atoms with Gasteiger partial charge in [-0.2, -0.15) is 0 Å². The van der Waals surface area contributed by atoms with Gasteiger partial charge in [0.05, 0.1) is 41.0 Å². The van der Waals surface area contributed by atoms with Crippen LogP contribution in [0, 0.1) is 18.2 Å². The number of nitrogens with one attached hydrogen (secondary N) is 1. The van der Waals surface area contributed by atoms with Crippen LogP contribution in [0.4, 0.5) is 21.5 Å². The number of halogens is 5. The topological polar surface area (TPSA) is 213 Å². The summed E-state index contributed by atoms with van der Waals surface area (Å²) in [7, 11) is -2.52. The van der Waals surface area contributed by atoms with Gasteiger partial charge in [0.2, 0.25) is 5.91 Å². The van der Waals surface area contributed by atoms with Crippen LogP contribution in [0.25, 0.3) is 0 Å². The molecule has 6 rings (SSSR count). The number of imide groups is 1. The maximum atomic E-state index is 14.4. The summed E-state index contributed by atoms with van der Waals surface area (Å²) >= 11 is 22.9. The standard InChI is InChI=1S/C18H15ClFNO3.C14H20ClNO2.C11H11Cl2NO2.C3H8NO5P/c1-3-10(2)24-16-9-15(14(20)8-13(16)19)21-17(22)11-6-4-5-7-12(11)18(21)23;1-4-11-7-6-8-12(5-2)14(11)16(10-18-3)13(17)9-15;1-7-6-16-9-5-3-2-4-8(9)14(7)11(15)10(12)13;5-3(6)1-4-2-10(7,8)9/h1,8-10H,4-7H2,2H3;6-8H,4-5,9-10H2,1-3H3;2-5,7,10H,6H2,1H3;4H,1-2H2,(H,5,6)(H2,7,8,9). The molecule has 0 spiro atoms. The Hall–Kier alpha value is -4.73. The van der Waals surface area contributed by atoms with Crippen molar-refractivity contribution in [3.63, 3.8) is 0 Å². The highest BCUT2D eigenvalue weighted by atomic mass is 35.5. The lowest BCUT2D eigenvalue weighted by molar-refractivity contribution is -0.136. The Morgan fingerprint density at radius 3 is 2.10 bits per heavy atom. The fraction of sp³-hybridized carbons (Fsp3) is 0.413. The molecule has 0 saturated carbocycles. The minimum absolute atomic E-state index is 0.0233. The molecule has 16 nitrogen and oxygen atoms in total. The van der Waals surface area contributed by atoms with E-state index in [4.69, 9.17) is 81.9 Å². The molecule has 2 aliphatic heterocycles. The van der Waals surface area contributed by atoms with Crippen molar-refractivity contribution in [1.82, 2.24) is 5.32 Å². The highest BCUT2D eigenvalue weighted by Gasteiger charge is 2.41. The van der Waals surface area contributed by atoms with Gasteiger partial charge in [-0.05, 0) is 81.7 Å². The average Bonchev–Trinajstić information content (AvgIpc) is 3.56. The second-order valence-corrected chi connectivity index (χ2v) is 18.5. The van der Waals surface area contributed by atoms with E-state index in [0.717, 1.165) is 59.2 Å². The summed E-state index contributed by atoms with van der Waals surface area (Å²) in [6, 6.07) is 15.6. The Morgan fingerprint density at radius 1 is 1.01 bits per heavy atom. The molecule has 0 bridgehead atoms. The van der Waals surface area contributed by atoms with Gasteiger partial charge in [0.15, 0.2) is 10.9 Å². The molecule has 0 aromatic heterocycles. The van der Waals surface area contributed by atoms with Crippen LogP contribution >= 0.6 is 54.0 Å². The molecule has 3 aromatic rings. The zero-order chi connectivity index (χ0) is 50.9. The summed E-state index contributed by atoms with van der Waals surface area (Å²) < 4.78 is 40.5. The molecule has 0 fully saturated rings. The van der Waals surface area contributed by atoms with Crippen LogP contribution in [0.2, 0.25) is 5.02 Å². The lowest BCUT2D eigenvalue weighted by Gasteiger charge is -2.35. The lowest BCUT2D eigenvalue weighted by Crippen LogP contribution is -2.47. The van der Waals surface area contributed by atoms with Crippen LogP contribution in [-0.4, -0.2) is 101 Å². The number of amides is 4. The predicted molar refractivity (Wildman–Crippen MR) is 261 cm³/mol. The summed E-state index contributed by atoms with van der Waals surface area (Å²) in [6.45, 7) is 7.92. The van der Waals surface area contributed by atoms with E-state index in [-0.39, 0.29) is 46.9 Å². The Balaban J connectivity index is 0.000000251. The van der Waals surface area contributed by atoms with Crippen molar-refractivity contribution in [3.05, 3.63) is 87.7 Å². The number of para-hydroxylation sites is 3. The molecular weight excluding hydrogens is 992 g/mol. The number of carboxylic acid groups (broad SMARTS) is 1. The fourth-order valence-corrected chi connectivity index (χ4v) is 7.99. The van der Waals surface area contributed by atoms with E-state index in [2.05, 4.69) is 25.1 Å². The highest BCUT2D eigenvalue weighted by molar-refractivity contribution is 7.51. The Kier molecular flexibility index (Phi) is 23.3. The number of terminal acetylenes is 1. The van der Waals surface area contributed by atoms with E-state index in [1.54, 1.807) is 23.8 Å². The number of hydrogen-bond donors (Lipinski definition) is 4. The number of aliphatic carboxylic acids is 1. The van der Waals surface area contributed by atoms with Crippen molar-refractivity contribution in [3.8, 4) is 23.8 Å². The van der Waals surface area contributed by atoms with Crippen LogP contribution in [0.1, 0.15) is 64.5 Å². The van der Waals surface area contributed by atoms with E-state index in [1.807, 2.05) is 49.4 Å². The van der Waals surface area contributed by atoms with Crippen LogP contribution in [0.5, 0.6) is 11.5 Å². The van der Waals surface area contributed by atoms with Crippen molar-refractivity contribution in [2.45, 2.75) is 83.2 Å². The first-order chi connectivity index (χ1) is 32.1. The first-order valence-corrected chi connectivity index (χ1v) is 24.7. The van der Waals surface area contributed by atoms with Crippen LogP contribution in [-0.2, 0) is 46.1 Å². The third-order valence-corrected chi connectivity index (χ3v) is 11.7. The van der Waals surface area contributed by atoms with E-state index < -0.39 is 55.0 Å². The van der Waals surface area contributed by atoms with E-state index >= 15 is 0 Å². The summed E-state index contributed by atoms with van der Waals surface area (Å²) in [5.41, 5.74) is 4.77. The van der Waals surface area contributed by atoms with E-state index in [9.17, 15) is 32.9 Å². The molecule has 3 aliphatic rings. The summed E-state index contributed by atoms with van der Waals surface area (Å²) in [5, 5.41) is 10.1. The molecule has 2 atom stereocenters. The first-order valence-electron chi connectivity index (χ1n) is 21.1. The number of ether oxygens (including phenoxy) is 3. The number of nitrogens with zero attached hydrogens (tertiary/aromatic N) is 3. The van der Waals surface area contributed by atoms with Gasteiger partial charge in [-0.25, -0.2) is 9.29 Å². The molecular formula is C46H54Cl4FN4O12P. The number of anilines is 3. The Labute approximate surface area is 414 Å². The van der Waals surface area contributed by atoms with Crippen LogP contribution < -0.4 is 29.5 Å². The third kappa shape index (κ3) is 15.9. The summed E-state index contributed by atoms with van der Waals surface area (Å²) in [5.74, 6) is -0.135. The normalized spacial score (nSPS) is 15.5. The molecule has 3 aromatic carbocycles. The van der Waals surface area contributed by atoms with Gasteiger partial charge < -0.3 is 34.0 Å². The van der Waals surface area contributed by atoms with Gasteiger partial charge in [-0.3, -0.25) is 38.8 Å². The molecule has 2 heterocycles. The largest absolute Gasteiger partial charge is 0.489 e. The molecule has 4 amide bonds. The van der Waals surface area contributed by atoms with Crippen molar-refractivity contribution in [1.29, 1.82) is 0 Å². The molecule has 68 heavy (non-hydrogen) atoms. The number of rotatable bonds is 14. The number of carbonyl (C=O) groups is 5. The third-order valence-electron chi connectivity index (χ3n) is 10.1. The van der Waals surface area contributed by atoms with Crippen LogP contribution in [0.15, 0.2) is 65.7 Å². The number of hydrogen-bond acceptors (Lipinski definition) is 10. The van der Waals surface area contributed by atoms with Crippen molar-refractivity contribution >= 4 is 101 Å². The monoisotopic (exact) mass is 1040 g/mol. The highest BCUT2D eigenvalue weighted by Crippen LogP contribution is 2.40. The Morgan fingerprint density at radius 2 is 1.60 bits per heavy atom. The van der Waals surface area contributed by atoms with Gasteiger partial charge >= 0.3 is 13.6 Å². The van der Waals surface area contributed by atoms with Gasteiger partial charge in [-0.15, -0.1) is 18.0 Å². The zero-order valence-corrected chi connectivity index (χ0v) is 41.9. The summed E-state index contributed by atoms with van der Waals surface area (Å²) in [6.07, 6.45) is 8.62. The lowest BCUT2D eigenvalue weighted by atomic mass is 9.93. The minimum atomic E-state index is -4.10. The molecule has 1 aliphatic carbocycles. The molecule has 4 N–H and O–H groups in total.